The number of rotatable bonds is 6. The van der Waals surface area contributed by atoms with Crippen LogP contribution in [-0.2, 0) is 4.79 Å². The molecule has 0 saturated carbocycles. The SMILES string of the molecule is CC(=O)NCCC(O)C(O)c1cc([N+](=O)[O-])c(F)cc1F. The minimum absolute atomic E-state index is 0.0263. The van der Waals surface area contributed by atoms with Crippen molar-refractivity contribution in [2.45, 2.75) is 25.6 Å². The number of nitrogens with one attached hydrogen (secondary N) is 1. The van der Waals surface area contributed by atoms with E-state index in [2.05, 4.69) is 5.32 Å². The zero-order valence-electron chi connectivity index (χ0n) is 11.0. The van der Waals surface area contributed by atoms with E-state index < -0.39 is 40.0 Å². The van der Waals surface area contributed by atoms with E-state index in [4.69, 9.17) is 0 Å². The van der Waals surface area contributed by atoms with Crippen LogP contribution in [0.2, 0.25) is 0 Å². The van der Waals surface area contributed by atoms with Gasteiger partial charge in [0.25, 0.3) is 0 Å². The van der Waals surface area contributed by atoms with Gasteiger partial charge in [0.1, 0.15) is 11.9 Å². The normalized spacial score (nSPS) is 13.6. The highest BCUT2D eigenvalue weighted by Gasteiger charge is 2.26. The molecule has 1 amide bonds. The summed E-state index contributed by atoms with van der Waals surface area (Å²) in [6.45, 7) is 1.28. The Morgan fingerprint density at radius 1 is 1.38 bits per heavy atom. The third kappa shape index (κ3) is 4.43. The van der Waals surface area contributed by atoms with Gasteiger partial charge in [0.15, 0.2) is 0 Å². The second-order valence-electron chi connectivity index (χ2n) is 4.37. The zero-order chi connectivity index (χ0) is 16.2. The first-order valence-corrected chi connectivity index (χ1v) is 5.98. The molecule has 0 bridgehead atoms. The number of aliphatic hydroxyl groups excluding tert-OH is 2. The van der Waals surface area contributed by atoms with Crippen molar-refractivity contribution in [2.24, 2.45) is 0 Å². The lowest BCUT2D eigenvalue weighted by molar-refractivity contribution is -0.387. The molecule has 0 aliphatic heterocycles. The summed E-state index contributed by atoms with van der Waals surface area (Å²) in [6, 6.07) is 0.814. The number of nitro benzene ring substituents is 1. The molecule has 0 heterocycles. The summed E-state index contributed by atoms with van der Waals surface area (Å²) < 4.78 is 26.7. The number of carbonyl (C=O) groups excluding carboxylic acids is 1. The fourth-order valence-corrected chi connectivity index (χ4v) is 1.68. The first-order chi connectivity index (χ1) is 9.73. The molecular weight excluding hydrogens is 290 g/mol. The smallest absolute Gasteiger partial charge is 0.305 e. The summed E-state index contributed by atoms with van der Waals surface area (Å²) in [4.78, 5) is 20.2. The fraction of sp³-hybridized carbons (Fsp3) is 0.417. The maximum atomic E-state index is 13.6. The second-order valence-corrected chi connectivity index (χ2v) is 4.37. The molecule has 0 spiro atoms. The first-order valence-electron chi connectivity index (χ1n) is 5.98. The van der Waals surface area contributed by atoms with Gasteiger partial charge in [-0.2, -0.15) is 4.39 Å². The number of hydrogen-bond acceptors (Lipinski definition) is 5. The van der Waals surface area contributed by atoms with E-state index in [9.17, 15) is 33.9 Å². The topological polar surface area (TPSA) is 113 Å². The van der Waals surface area contributed by atoms with Crippen molar-refractivity contribution in [3.8, 4) is 0 Å². The van der Waals surface area contributed by atoms with Crippen molar-refractivity contribution in [3.63, 3.8) is 0 Å². The maximum absolute atomic E-state index is 13.6. The summed E-state index contributed by atoms with van der Waals surface area (Å²) in [5, 5.41) is 32.4. The lowest BCUT2D eigenvalue weighted by atomic mass is 10.0. The molecule has 9 heteroatoms. The van der Waals surface area contributed by atoms with Crippen molar-refractivity contribution in [1.82, 2.24) is 5.32 Å². The third-order valence-corrected chi connectivity index (χ3v) is 2.76. The Morgan fingerprint density at radius 2 is 2.00 bits per heavy atom. The molecule has 1 aromatic carbocycles. The highest BCUT2D eigenvalue weighted by molar-refractivity contribution is 5.72. The van der Waals surface area contributed by atoms with E-state index in [0.717, 1.165) is 0 Å². The van der Waals surface area contributed by atoms with Crippen molar-refractivity contribution in [3.05, 3.63) is 39.4 Å². The van der Waals surface area contributed by atoms with Crippen LogP contribution >= 0.6 is 0 Å². The Labute approximate surface area is 118 Å². The van der Waals surface area contributed by atoms with Crippen LogP contribution in [0.5, 0.6) is 0 Å². The Morgan fingerprint density at radius 3 is 2.52 bits per heavy atom. The van der Waals surface area contributed by atoms with Crippen molar-refractivity contribution >= 4 is 11.6 Å². The summed E-state index contributed by atoms with van der Waals surface area (Å²) in [5.41, 5.74) is -1.59. The Balaban J connectivity index is 2.90. The highest BCUT2D eigenvalue weighted by Crippen LogP contribution is 2.28. The Hall–Kier alpha value is -2.13. The molecule has 0 aliphatic carbocycles. The van der Waals surface area contributed by atoms with E-state index >= 15 is 0 Å². The lowest BCUT2D eigenvalue weighted by Gasteiger charge is -2.18. The first kappa shape index (κ1) is 16.9. The number of halogens is 2. The van der Waals surface area contributed by atoms with Gasteiger partial charge in [-0.25, -0.2) is 4.39 Å². The largest absolute Gasteiger partial charge is 0.390 e. The molecule has 1 aromatic rings. The van der Waals surface area contributed by atoms with Crippen molar-refractivity contribution in [1.29, 1.82) is 0 Å². The molecule has 0 fully saturated rings. The van der Waals surface area contributed by atoms with Crippen LogP contribution in [-0.4, -0.2) is 33.7 Å². The van der Waals surface area contributed by atoms with Gasteiger partial charge < -0.3 is 15.5 Å². The predicted octanol–water partition coefficient (Wildman–Crippen LogP) is 0.793. The summed E-state index contributed by atoms with van der Waals surface area (Å²) in [6.07, 6.45) is -3.36. The van der Waals surface area contributed by atoms with Gasteiger partial charge in [0.05, 0.1) is 11.0 Å². The molecule has 1 rings (SSSR count). The van der Waals surface area contributed by atoms with Gasteiger partial charge in [-0.05, 0) is 6.42 Å². The molecule has 2 atom stereocenters. The number of nitrogens with zero attached hydrogens (tertiary/aromatic N) is 1. The van der Waals surface area contributed by atoms with Crippen LogP contribution in [0, 0.1) is 21.7 Å². The van der Waals surface area contributed by atoms with E-state index in [1.54, 1.807) is 0 Å². The quantitative estimate of drug-likeness (QED) is 0.531. The van der Waals surface area contributed by atoms with Gasteiger partial charge in [-0.3, -0.25) is 14.9 Å². The number of nitro groups is 1. The summed E-state index contributed by atoms with van der Waals surface area (Å²) >= 11 is 0. The Kier molecular flexibility index (Phi) is 5.68. The van der Waals surface area contributed by atoms with Crippen LogP contribution in [0.15, 0.2) is 12.1 Å². The highest BCUT2D eigenvalue weighted by atomic mass is 19.1. The van der Waals surface area contributed by atoms with Gasteiger partial charge in [0, 0.05) is 31.2 Å². The van der Waals surface area contributed by atoms with Crippen LogP contribution in [0.25, 0.3) is 0 Å². The molecule has 7 nitrogen and oxygen atoms in total. The minimum Gasteiger partial charge on any atom is -0.390 e. The standard InChI is InChI=1S/C12H14F2N2O5/c1-6(17)15-3-2-11(18)12(19)7-4-10(16(20)21)9(14)5-8(7)13/h4-5,11-12,18-19H,2-3H2,1H3,(H,15,17). The van der Waals surface area contributed by atoms with Gasteiger partial charge in [-0.15, -0.1) is 0 Å². The number of hydrogen-bond donors (Lipinski definition) is 3. The molecule has 0 radical (unpaired) electrons. The van der Waals surface area contributed by atoms with E-state index in [1.807, 2.05) is 0 Å². The van der Waals surface area contributed by atoms with E-state index in [0.29, 0.717) is 6.07 Å². The molecule has 0 aromatic heterocycles. The average molecular weight is 304 g/mol. The third-order valence-electron chi connectivity index (χ3n) is 2.76. The average Bonchev–Trinajstić information content (AvgIpc) is 2.37. The maximum Gasteiger partial charge on any atom is 0.305 e. The molecule has 3 N–H and O–H groups in total. The number of aliphatic hydroxyl groups is 2. The number of amides is 1. The molecule has 0 saturated heterocycles. The predicted molar refractivity (Wildman–Crippen MR) is 67.3 cm³/mol. The van der Waals surface area contributed by atoms with Crippen LogP contribution < -0.4 is 5.32 Å². The molecule has 116 valence electrons. The van der Waals surface area contributed by atoms with E-state index in [-0.39, 0.29) is 24.9 Å². The van der Waals surface area contributed by atoms with E-state index in [1.165, 1.54) is 6.92 Å². The second kappa shape index (κ2) is 7.04. The van der Waals surface area contributed by atoms with Gasteiger partial charge in [-0.1, -0.05) is 0 Å². The fourth-order valence-electron chi connectivity index (χ4n) is 1.68. The van der Waals surface area contributed by atoms with Crippen LogP contribution in [0.4, 0.5) is 14.5 Å². The lowest BCUT2D eigenvalue weighted by Crippen LogP contribution is -2.28. The molecule has 0 aliphatic rings. The van der Waals surface area contributed by atoms with Crippen molar-refractivity contribution < 1.29 is 28.7 Å². The van der Waals surface area contributed by atoms with Crippen molar-refractivity contribution in [2.75, 3.05) is 6.54 Å². The zero-order valence-corrected chi connectivity index (χ0v) is 11.0. The summed E-state index contributed by atoms with van der Waals surface area (Å²) in [7, 11) is 0. The monoisotopic (exact) mass is 304 g/mol. The molecular formula is C12H14F2N2O5. The molecule has 21 heavy (non-hydrogen) atoms. The van der Waals surface area contributed by atoms with Gasteiger partial charge in [0.2, 0.25) is 11.7 Å². The molecule has 2 unspecified atom stereocenters. The van der Waals surface area contributed by atoms with Gasteiger partial charge >= 0.3 is 5.69 Å². The number of carbonyl (C=O) groups is 1. The Bertz CT molecular complexity index is 553. The summed E-state index contributed by atoms with van der Waals surface area (Å²) in [5.74, 6) is -2.93. The minimum atomic E-state index is -1.78. The van der Waals surface area contributed by atoms with Crippen LogP contribution in [0.3, 0.4) is 0 Å². The number of benzene rings is 1. The van der Waals surface area contributed by atoms with Crippen LogP contribution in [0.1, 0.15) is 25.0 Å².